The predicted octanol–water partition coefficient (Wildman–Crippen LogP) is 7.93. The van der Waals surface area contributed by atoms with Crippen LogP contribution in [0.15, 0.2) is 48.6 Å². The molecule has 0 amide bonds. The van der Waals surface area contributed by atoms with Gasteiger partial charge in [0.2, 0.25) is 0 Å². The fourth-order valence-electron chi connectivity index (χ4n) is 5.42. The zero-order valence-electron chi connectivity index (χ0n) is 23.5. The zero-order chi connectivity index (χ0) is 26.6. The molecular weight excluding hydrogens is 460 g/mol. The molecule has 1 N–H and O–H groups in total. The first-order chi connectivity index (χ1) is 17.8. The molecule has 0 aliphatic carbocycles. The van der Waals surface area contributed by atoms with Gasteiger partial charge in [-0.15, -0.1) is 0 Å². The van der Waals surface area contributed by atoms with Crippen molar-refractivity contribution in [3.05, 3.63) is 59.7 Å². The Kier molecular flexibility index (Phi) is 8.25. The van der Waals surface area contributed by atoms with Crippen molar-refractivity contribution in [3.8, 4) is 5.75 Å². The SMILES string of the molecule is CC/C=C1\OC(CC)(CC(C)C)CN1c1cc2c(Nc3cccc(CCC)c3C)ncnc2cc1OC. The summed E-state index contributed by atoms with van der Waals surface area (Å²) in [7, 11) is 1.72. The smallest absolute Gasteiger partial charge is 0.190 e. The first-order valence-corrected chi connectivity index (χ1v) is 13.7. The van der Waals surface area contributed by atoms with Crippen LogP contribution in [-0.2, 0) is 11.2 Å². The second-order valence-electron chi connectivity index (χ2n) is 10.5. The molecule has 0 saturated carbocycles. The molecule has 0 spiro atoms. The maximum Gasteiger partial charge on any atom is 0.190 e. The molecule has 1 unspecified atom stereocenters. The summed E-state index contributed by atoms with van der Waals surface area (Å²) in [6, 6.07) is 10.6. The minimum absolute atomic E-state index is 0.222. The Labute approximate surface area is 222 Å². The third-order valence-corrected chi connectivity index (χ3v) is 7.28. The summed E-state index contributed by atoms with van der Waals surface area (Å²) in [6.45, 7) is 14.1. The number of fused-ring (bicyclic) bond motifs is 1. The second-order valence-corrected chi connectivity index (χ2v) is 10.5. The maximum absolute atomic E-state index is 6.69. The lowest BCUT2D eigenvalue weighted by molar-refractivity contribution is 0.0262. The number of hydrogen-bond donors (Lipinski definition) is 1. The summed E-state index contributed by atoms with van der Waals surface area (Å²) >= 11 is 0. The van der Waals surface area contributed by atoms with Crippen LogP contribution in [0.1, 0.15) is 71.4 Å². The number of benzene rings is 2. The highest BCUT2D eigenvalue weighted by Gasteiger charge is 2.43. The fourth-order valence-corrected chi connectivity index (χ4v) is 5.42. The monoisotopic (exact) mass is 502 g/mol. The van der Waals surface area contributed by atoms with Crippen molar-refractivity contribution in [3.63, 3.8) is 0 Å². The van der Waals surface area contributed by atoms with E-state index in [9.17, 15) is 0 Å². The van der Waals surface area contributed by atoms with Gasteiger partial charge in [0.1, 0.15) is 23.5 Å². The van der Waals surface area contributed by atoms with E-state index in [0.717, 1.165) is 78.4 Å². The number of nitrogens with one attached hydrogen (secondary N) is 1. The Hall–Kier alpha value is -3.28. The van der Waals surface area contributed by atoms with E-state index in [1.807, 2.05) is 6.07 Å². The Morgan fingerprint density at radius 1 is 1.19 bits per heavy atom. The van der Waals surface area contributed by atoms with Gasteiger partial charge in [0.15, 0.2) is 5.88 Å². The van der Waals surface area contributed by atoms with Crippen molar-refractivity contribution in [2.24, 2.45) is 5.92 Å². The van der Waals surface area contributed by atoms with Gasteiger partial charge in [0.25, 0.3) is 0 Å². The molecule has 198 valence electrons. The average Bonchev–Trinajstić information content (AvgIpc) is 3.23. The van der Waals surface area contributed by atoms with Crippen LogP contribution in [0.5, 0.6) is 5.75 Å². The molecule has 0 bridgehead atoms. The molecule has 6 nitrogen and oxygen atoms in total. The molecule has 37 heavy (non-hydrogen) atoms. The van der Waals surface area contributed by atoms with Gasteiger partial charge < -0.3 is 19.7 Å². The third-order valence-electron chi connectivity index (χ3n) is 7.28. The molecule has 1 aromatic heterocycles. The van der Waals surface area contributed by atoms with Crippen molar-refractivity contribution in [2.75, 3.05) is 23.9 Å². The van der Waals surface area contributed by atoms with E-state index in [0.29, 0.717) is 5.92 Å². The van der Waals surface area contributed by atoms with E-state index in [-0.39, 0.29) is 5.60 Å². The van der Waals surface area contributed by atoms with Crippen LogP contribution in [0.3, 0.4) is 0 Å². The van der Waals surface area contributed by atoms with Gasteiger partial charge >= 0.3 is 0 Å². The molecule has 2 aromatic carbocycles. The van der Waals surface area contributed by atoms with E-state index >= 15 is 0 Å². The normalized spacial score (nSPS) is 18.6. The van der Waals surface area contributed by atoms with Gasteiger partial charge in [-0.1, -0.05) is 53.2 Å². The molecule has 1 saturated heterocycles. The topological polar surface area (TPSA) is 59.5 Å². The summed E-state index contributed by atoms with van der Waals surface area (Å²) in [5.41, 5.74) is 5.28. The van der Waals surface area contributed by atoms with E-state index in [2.05, 4.69) is 92.1 Å². The van der Waals surface area contributed by atoms with Crippen LogP contribution in [-0.4, -0.2) is 29.2 Å². The number of nitrogens with zero attached hydrogens (tertiary/aromatic N) is 3. The van der Waals surface area contributed by atoms with Gasteiger partial charge in [-0.05, 0) is 67.9 Å². The molecule has 2 heterocycles. The van der Waals surface area contributed by atoms with Gasteiger partial charge in [0.05, 0.1) is 24.9 Å². The molecule has 0 radical (unpaired) electrons. The van der Waals surface area contributed by atoms with E-state index in [1.165, 1.54) is 11.1 Å². The van der Waals surface area contributed by atoms with Gasteiger partial charge in [-0.2, -0.15) is 0 Å². The zero-order valence-corrected chi connectivity index (χ0v) is 23.5. The molecule has 1 atom stereocenters. The molecule has 1 aliphatic heterocycles. The molecular formula is C31H42N4O2. The van der Waals surface area contributed by atoms with Gasteiger partial charge in [-0.3, -0.25) is 0 Å². The van der Waals surface area contributed by atoms with Crippen molar-refractivity contribution in [2.45, 2.75) is 79.2 Å². The second kappa shape index (κ2) is 11.4. The number of hydrogen-bond acceptors (Lipinski definition) is 6. The number of anilines is 3. The maximum atomic E-state index is 6.69. The Morgan fingerprint density at radius 3 is 2.68 bits per heavy atom. The first kappa shape index (κ1) is 26.8. The Balaban J connectivity index is 1.81. The minimum Gasteiger partial charge on any atom is -0.494 e. The van der Waals surface area contributed by atoms with Crippen LogP contribution < -0.4 is 15.0 Å². The first-order valence-electron chi connectivity index (χ1n) is 13.7. The van der Waals surface area contributed by atoms with E-state index in [1.54, 1.807) is 13.4 Å². The van der Waals surface area contributed by atoms with Crippen LogP contribution in [0.2, 0.25) is 0 Å². The summed E-state index contributed by atoms with van der Waals surface area (Å²) in [5, 5.41) is 4.55. The number of methoxy groups -OCH3 is 1. The number of ether oxygens (including phenoxy) is 2. The van der Waals surface area contributed by atoms with Crippen molar-refractivity contribution in [1.29, 1.82) is 0 Å². The van der Waals surface area contributed by atoms with Crippen LogP contribution >= 0.6 is 0 Å². The standard InChI is InChI=1S/C31H42N4O2/c1-8-12-23-14-11-15-25(22(23)6)34-30-24-16-27(28(36-7)17-26(24)32-20-33-30)35-19-31(10-3,18-21(4)5)37-29(35)13-9-2/h11,13-17,20-21H,8-10,12,18-19H2,1-7H3,(H,32,33,34)/b29-13-. The lowest BCUT2D eigenvalue weighted by atomic mass is 9.90. The van der Waals surface area contributed by atoms with Crippen LogP contribution in [0.25, 0.3) is 10.9 Å². The van der Waals surface area contributed by atoms with Gasteiger partial charge in [0, 0.05) is 17.1 Å². The lowest BCUT2D eigenvalue weighted by Gasteiger charge is -2.28. The van der Waals surface area contributed by atoms with Crippen LogP contribution in [0, 0.1) is 12.8 Å². The highest BCUT2D eigenvalue weighted by Crippen LogP contribution is 2.44. The quantitative estimate of drug-likeness (QED) is 0.304. The van der Waals surface area contributed by atoms with E-state index < -0.39 is 0 Å². The van der Waals surface area contributed by atoms with E-state index in [4.69, 9.17) is 9.47 Å². The molecule has 4 rings (SSSR count). The fraction of sp³-hybridized carbons (Fsp3) is 0.484. The Bertz CT molecular complexity index is 1270. The van der Waals surface area contributed by atoms with Crippen molar-refractivity contribution < 1.29 is 9.47 Å². The van der Waals surface area contributed by atoms with Gasteiger partial charge in [-0.25, -0.2) is 9.97 Å². The Morgan fingerprint density at radius 2 is 2.00 bits per heavy atom. The molecule has 3 aromatic rings. The predicted molar refractivity (Wildman–Crippen MR) is 154 cm³/mol. The minimum atomic E-state index is -0.222. The number of rotatable bonds is 10. The number of aryl methyl sites for hydroxylation is 1. The van der Waals surface area contributed by atoms with Crippen molar-refractivity contribution >= 4 is 28.1 Å². The molecule has 1 aliphatic rings. The van der Waals surface area contributed by atoms with Crippen molar-refractivity contribution in [1.82, 2.24) is 9.97 Å². The summed E-state index contributed by atoms with van der Waals surface area (Å²) in [6.07, 6.45) is 8.80. The largest absolute Gasteiger partial charge is 0.494 e. The summed E-state index contributed by atoms with van der Waals surface area (Å²) in [5.74, 6) is 3.00. The highest BCUT2D eigenvalue weighted by molar-refractivity contribution is 5.95. The number of aromatic nitrogens is 2. The average molecular weight is 503 g/mol. The summed E-state index contributed by atoms with van der Waals surface area (Å²) < 4.78 is 12.6. The van der Waals surface area contributed by atoms with Crippen LogP contribution in [0.4, 0.5) is 17.2 Å². The lowest BCUT2D eigenvalue weighted by Crippen LogP contribution is -2.35. The third kappa shape index (κ3) is 5.53. The highest BCUT2D eigenvalue weighted by atomic mass is 16.5. The molecule has 6 heteroatoms. The molecule has 1 fully saturated rings. The summed E-state index contributed by atoms with van der Waals surface area (Å²) in [4.78, 5) is 11.5. The number of allylic oxidation sites excluding steroid dienone is 1.